The van der Waals surface area contributed by atoms with Crippen LogP contribution in [-0.4, -0.2) is 22.7 Å². The van der Waals surface area contributed by atoms with Gasteiger partial charge in [0.25, 0.3) is 0 Å². The van der Waals surface area contributed by atoms with Crippen LogP contribution in [0.1, 0.15) is 13.8 Å². The molecule has 5 nitrogen and oxygen atoms in total. The Bertz CT molecular complexity index is 287. The number of carbonyl (C=O) groups is 1. The number of rotatable bonds is 3. The van der Waals surface area contributed by atoms with E-state index in [1.54, 1.807) is 6.07 Å². The largest absolute Gasteiger partial charge is 0.516 e. The first-order valence-corrected chi connectivity index (χ1v) is 4.30. The third-order valence-electron chi connectivity index (χ3n) is 1.25. The molecule has 1 aromatic heterocycles. The van der Waals surface area contributed by atoms with Gasteiger partial charge in [-0.25, -0.2) is 14.8 Å². The highest BCUT2D eigenvalue weighted by molar-refractivity contribution is 5.62. The number of hydrogen-bond acceptors (Lipinski definition) is 5. The molecule has 0 atom stereocenters. The maximum atomic E-state index is 11.0. The van der Waals surface area contributed by atoms with E-state index in [-0.39, 0.29) is 11.9 Å². The summed E-state index contributed by atoms with van der Waals surface area (Å²) in [7, 11) is 0. The third-order valence-corrected chi connectivity index (χ3v) is 1.25. The van der Waals surface area contributed by atoms with Crippen LogP contribution in [0.15, 0.2) is 18.5 Å². The summed E-state index contributed by atoms with van der Waals surface area (Å²) in [5.74, 6) is 0.277. The number of ether oxygens (including phenoxy) is 2. The molecule has 0 spiro atoms. The fourth-order valence-electron chi connectivity index (χ4n) is 0.677. The molecule has 0 saturated carbocycles. The van der Waals surface area contributed by atoms with Crippen molar-refractivity contribution in [3.05, 3.63) is 18.5 Å². The lowest BCUT2D eigenvalue weighted by Gasteiger charge is -2.05. The van der Waals surface area contributed by atoms with Crippen molar-refractivity contribution in [1.82, 2.24) is 9.97 Å². The van der Waals surface area contributed by atoms with Crippen molar-refractivity contribution in [2.45, 2.75) is 13.8 Å². The van der Waals surface area contributed by atoms with Crippen LogP contribution in [0, 0.1) is 5.92 Å². The van der Waals surface area contributed by atoms with Crippen molar-refractivity contribution >= 4 is 6.16 Å². The second-order valence-corrected chi connectivity index (χ2v) is 3.09. The van der Waals surface area contributed by atoms with Crippen LogP contribution in [0.3, 0.4) is 0 Å². The zero-order valence-electron chi connectivity index (χ0n) is 8.14. The summed E-state index contributed by atoms with van der Waals surface area (Å²) in [6.45, 7) is 4.20. The molecule has 0 fully saturated rings. The van der Waals surface area contributed by atoms with Crippen LogP contribution < -0.4 is 4.74 Å². The van der Waals surface area contributed by atoms with Gasteiger partial charge in [0.2, 0.25) is 0 Å². The lowest BCUT2D eigenvalue weighted by molar-refractivity contribution is 0.0855. The van der Waals surface area contributed by atoms with Gasteiger partial charge in [-0.3, -0.25) is 0 Å². The van der Waals surface area contributed by atoms with Crippen molar-refractivity contribution in [3.63, 3.8) is 0 Å². The first-order chi connectivity index (χ1) is 6.68. The second-order valence-electron chi connectivity index (χ2n) is 3.09. The van der Waals surface area contributed by atoms with Crippen molar-refractivity contribution in [2.75, 3.05) is 6.61 Å². The molecule has 0 saturated heterocycles. The summed E-state index contributed by atoms with van der Waals surface area (Å²) in [5, 5.41) is 0. The fourth-order valence-corrected chi connectivity index (χ4v) is 0.677. The standard InChI is InChI=1S/C9H12N2O3/c1-7(2)6-13-9(12)14-8-10-4-3-5-11-8/h3-5,7H,6H2,1-2H3. The first-order valence-electron chi connectivity index (χ1n) is 4.30. The maximum Gasteiger partial charge on any atom is 0.516 e. The van der Waals surface area contributed by atoms with Crippen LogP contribution in [0.2, 0.25) is 0 Å². The molecule has 0 aliphatic carbocycles. The molecule has 14 heavy (non-hydrogen) atoms. The van der Waals surface area contributed by atoms with Crippen LogP contribution >= 0.6 is 0 Å². The summed E-state index contributed by atoms with van der Waals surface area (Å²) in [6, 6.07) is 1.63. The lowest BCUT2D eigenvalue weighted by atomic mass is 10.2. The predicted octanol–water partition coefficient (Wildman–Crippen LogP) is 1.65. The number of hydrogen-bond donors (Lipinski definition) is 0. The topological polar surface area (TPSA) is 61.3 Å². The molecule has 1 aromatic rings. The number of nitrogens with zero attached hydrogens (tertiary/aromatic N) is 2. The van der Waals surface area contributed by atoms with E-state index in [1.807, 2.05) is 13.8 Å². The highest BCUT2D eigenvalue weighted by atomic mass is 16.7. The molecule has 1 rings (SSSR count). The van der Waals surface area contributed by atoms with Crippen molar-refractivity contribution in [1.29, 1.82) is 0 Å². The van der Waals surface area contributed by atoms with Gasteiger partial charge in [0, 0.05) is 12.4 Å². The van der Waals surface area contributed by atoms with E-state index in [0.29, 0.717) is 6.61 Å². The van der Waals surface area contributed by atoms with E-state index in [0.717, 1.165) is 0 Å². The molecular formula is C9H12N2O3. The minimum Gasteiger partial charge on any atom is -0.434 e. The number of carbonyl (C=O) groups excluding carboxylic acids is 1. The van der Waals surface area contributed by atoms with Gasteiger partial charge in [-0.1, -0.05) is 13.8 Å². The van der Waals surface area contributed by atoms with Crippen molar-refractivity contribution in [3.8, 4) is 6.01 Å². The molecule has 1 heterocycles. The van der Waals surface area contributed by atoms with Gasteiger partial charge in [0.15, 0.2) is 0 Å². The molecule has 5 heteroatoms. The summed E-state index contributed by atoms with van der Waals surface area (Å²) >= 11 is 0. The monoisotopic (exact) mass is 196 g/mol. The molecule has 0 radical (unpaired) electrons. The normalized spacial score (nSPS) is 9.93. The first kappa shape index (κ1) is 10.4. The Hall–Kier alpha value is -1.65. The molecule has 0 aliphatic heterocycles. The van der Waals surface area contributed by atoms with Crippen molar-refractivity contribution in [2.24, 2.45) is 5.92 Å². The van der Waals surface area contributed by atoms with Gasteiger partial charge in [0.1, 0.15) is 0 Å². The Balaban J connectivity index is 2.35. The highest BCUT2D eigenvalue weighted by Crippen LogP contribution is 2.00. The molecule has 0 aromatic carbocycles. The molecule has 0 aliphatic rings. The van der Waals surface area contributed by atoms with E-state index in [1.165, 1.54) is 12.4 Å². The van der Waals surface area contributed by atoms with E-state index >= 15 is 0 Å². The second kappa shape index (κ2) is 5.16. The molecule has 0 unspecified atom stereocenters. The Morgan fingerprint density at radius 3 is 2.64 bits per heavy atom. The lowest BCUT2D eigenvalue weighted by Crippen LogP contribution is -2.15. The predicted molar refractivity (Wildman–Crippen MR) is 48.8 cm³/mol. The van der Waals surface area contributed by atoms with Crippen LogP contribution in [0.5, 0.6) is 6.01 Å². The van der Waals surface area contributed by atoms with E-state index in [4.69, 9.17) is 4.74 Å². The summed E-state index contributed by atoms with van der Waals surface area (Å²) in [5.41, 5.74) is 0. The Labute approximate surface area is 82.1 Å². The maximum absolute atomic E-state index is 11.0. The summed E-state index contributed by atoms with van der Waals surface area (Å²) in [6.07, 6.45) is 2.20. The fraction of sp³-hybridized carbons (Fsp3) is 0.444. The van der Waals surface area contributed by atoms with Gasteiger partial charge in [-0.15, -0.1) is 0 Å². The zero-order valence-corrected chi connectivity index (χ0v) is 8.14. The van der Waals surface area contributed by atoms with Crippen molar-refractivity contribution < 1.29 is 14.3 Å². The smallest absolute Gasteiger partial charge is 0.434 e. The average molecular weight is 196 g/mol. The molecule has 0 amide bonds. The Kier molecular flexibility index (Phi) is 3.84. The molecule has 0 N–H and O–H groups in total. The average Bonchev–Trinajstić information content (AvgIpc) is 2.16. The summed E-state index contributed by atoms with van der Waals surface area (Å²) in [4.78, 5) is 18.4. The minimum absolute atomic E-state index is 0.00116. The van der Waals surface area contributed by atoms with Crippen LogP contribution in [0.25, 0.3) is 0 Å². The SMILES string of the molecule is CC(C)COC(=O)Oc1ncccn1. The van der Waals surface area contributed by atoms with Gasteiger partial charge in [0.05, 0.1) is 6.61 Å². The quantitative estimate of drug-likeness (QED) is 0.688. The third kappa shape index (κ3) is 3.84. The van der Waals surface area contributed by atoms with Gasteiger partial charge >= 0.3 is 12.2 Å². The number of aromatic nitrogens is 2. The Morgan fingerprint density at radius 1 is 1.43 bits per heavy atom. The van der Waals surface area contributed by atoms with E-state index in [9.17, 15) is 4.79 Å². The molecular weight excluding hydrogens is 184 g/mol. The molecule has 76 valence electrons. The van der Waals surface area contributed by atoms with E-state index < -0.39 is 6.16 Å². The highest BCUT2D eigenvalue weighted by Gasteiger charge is 2.08. The van der Waals surface area contributed by atoms with E-state index in [2.05, 4.69) is 14.7 Å². The molecule has 0 bridgehead atoms. The van der Waals surface area contributed by atoms with Gasteiger partial charge < -0.3 is 9.47 Å². The van der Waals surface area contributed by atoms with Crippen LogP contribution in [-0.2, 0) is 4.74 Å². The van der Waals surface area contributed by atoms with Gasteiger partial charge in [-0.2, -0.15) is 0 Å². The Morgan fingerprint density at radius 2 is 2.07 bits per heavy atom. The van der Waals surface area contributed by atoms with Crippen LogP contribution in [0.4, 0.5) is 4.79 Å². The minimum atomic E-state index is -0.773. The zero-order chi connectivity index (χ0) is 10.4. The summed E-state index contributed by atoms with van der Waals surface area (Å²) < 4.78 is 9.45. The van der Waals surface area contributed by atoms with Gasteiger partial charge in [-0.05, 0) is 12.0 Å².